The van der Waals surface area contributed by atoms with Gasteiger partial charge >= 0.3 is 5.97 Å². The summed E-state index contributed by atoms with van der Waals surface area (Å²) in [6.07, 6.45) is 2.22. The third-order valence-electron chi connectivity index (χ3n) is 5.20. The first-order chi connectivity index (χ1) is 12.1. The number of piperidine rings is 3. The third-order valence-corrected chi connectivity index (χ3v) is 6.38. The summed E-state index contributed by atoms with van der Waals surface area (Å²) in [4.78, 5) is 27.9. The van der Waals surface area contributed by atoms with Crippen LogP contribution in [0.3, 0.4) is 0 Å². The zero-order chi connectivity index (χ0) is 17.4. The number of carboxylic acids is 1. The number of rotatable bonds is 4. The Morgan fingerprint density at radius 2 is 1.88 bits per heavy atom. The number of hydrogen-bond acceptors (Lipinski definition) is 4. The molecular formula is C19H20N2O3S. The van der Waals surface area contributed by atoms with Gasteiger partial charge in [0, 0.05) is 17.5 Å². The highest BCUT2D eigenvalue weighted by Crippen LogP contribution is 2.33. The molecule has 1 aromatic carbocycles. The molecule has 5 rings (SSSR count). The Balaban J connectivity index is 1.59. The first-order valence-electron chi connectivity index (χ1n) is 8.57. The second-order valence-corrected chi connectivity index (χ2v) is 7.79. The van der Waals surface area contributed by atoms with E-state index in [0.717, 1.165) is 42.9 Å². The number of carbonyl (C=O) groups excluding carboxylic acids is 1. The average molecular weight is 356 g/mol. The molecule has 0 saturated carbocycles. The number of benzene rings is 1. The highest BCUT2D eigenvalue weighted by atomic mass is 32.1. The SMILES string of the molecule is O=C(O)c1cc(-c2ccccc2)sc1C(=O)N[C@H]1CN2CCC1CC2. The zero-order valence-electron chi connectivity index (χ0n) is 13.8. The van der Waals surface area contributed by atoms with Crippen LogP contribution < -0.4 is 5.32 Å². The molecule has 2 aromatic rings. The van der Waals surface area contributed by atoms with E-state index in [1.165, 1.54) is 11.3 Å². The van der Waals surface area contributed by atoms with E-state index in [-0.39, 0.29) is 17.5 Å². The topological polar surface area (TPSA) is 69.6 Å². The standard InChI is InChI=1S/C19H20N2O3S/c22-18(20-15-11-21-8-6-12(15)7-9-21)17-14(19(23)24)10-16(25-17)13-4-2-1-3-5-13/h1-5,10,12,15H,6-9,11H2,(H,20,22)(H,23,24)/t15-/m0/s1. The molecule has 1 aromatic heterocycles. The number of carboxylic acid groups (broad SMARTS) is 1. The molecule has 0 spiro atoms. The largest absolute Gasteiger partial charge is 0.478 e. The number of amides is 1. The molecule has 3 fully saturated rings. The van der Waals surface area contributed by atoms with Gasteiger partial charge in [0.25, 0.3) is 5.91 Å². The fraction of sp³-hybridized carbons (Fsp3) is 0.368. The predicted octanol–water partition coefficient (Wildman–Crippen LogP) is 2.94. The summed E-state index contributed by atoms with van der Waals surface area (Å²) in [5.41, 5.74) is 1.01. The average Bonchev–Trinajstić information content (AvgIpc) is 3.09. The third kappa shape index (κ3) is 3.19. The molecule has 0 aliphatic carbocycles. The van der Waals surface area contributed by atoms with Crippen LogP contribution >= 0.6 is 11.3 Å². The molecule has 3 aliphatic rings. The Morgan fingerprint density at radius 3 is 2.48 bits per heavy atom. The molecule has 0 unspecified atom stereocenters. The number of thiophene rings is 1. The van der Waals surface area contributed by atoms with Gasteiger partial charge < -0.3 is 15.3 Å². The minimum Gasteiger partial charge on any atom is -0.478 e. The van der Waals surface area contributed by atoms with Crippen LogP contribution in [0.1, 0.15) is 32.9 Å². The minimum absolute atomic E-state index is 0.0858. The molecule has 0 radical (unpaired) electrons. The van der Waals surface area contributed by atoms with Crippen LogP contribution in [0.5, 0.6) is 0 Å². The number of nitrogens with zero attached hydrogens (tertiary/aromatic N) is 1. The van der Waals surface area contributed by atoms with Gasteiger partial charge in [0.15, 0.2) is 0 Å². The van der Waals surface area contributed by atoms with E-state index in [1.807, 2.05) is 30.3 Å². The lowest BCUT2D eigenvalue weighted by molar-refractivity contribution is 0.0614. The normalized spacial score (nSPS) is 24.9. The Kier molecular flexibility index (Phi) is 4.31. The molecule has 2 N–H and O–H groups in total. The van der Waals surface area contributed by atoms with Crippen LogP contribution in [-0.2, 0) is 0 Å². The van der Waals surface area contributed by atoms with Crippen LogP contribution in [-0.4, -0.2) is 47.6 Å². The fourth-order valence-electron chi connectivity index (χ4n) is 3.83. The summed E-state index contributed by atoms with van der Waals surface area (Å²) >= 11 is 1.25. The van der Waals surface area contributed by atoms with Crippen molar-refractivity contribution in [2.24, 2.45) is 5.92 Å². The van der Waals surface area contributed by atoms with E-state index in [2.05, 4.69) is 10.2 Å². The molecular weight excluding hydrogens is 336 g/mol. The molecule has 25 heavy (non-hydrogen) atoms. The van der Waals surface area contributed by atoms with Crippen molar-refractivity contribution in [2.75, 3.05) is 19.6 Å². The Labute approximate surface area is 150 Å². The second-order valence-electron chi connectivity index (χ2n) is 6.74. The van der Waals surface area contributed by atoms with Crippen LogP contribution in [0.25, 0.3) is 10.4 Å². The van der Waals surface area contributed by atoms with E-state index in [9.17, 15) is 14.7 Å². The van der Waals surface area contributed by atoms with Crippen molar-refractivity contribution in [1.29, 1.82) is 0 Å². The Morgan fingerprint density at radius 1 is 1.16 bits per heavy atom. The van der Waals surface area contributed by atoms with Crippen molar-refractivity contribution in [2.45, 2.75) is 18.9 Å². The van der Waals surface area contributed by atoms with Gasteiger partial charge in [0.05, 0.1) is 5.56 Å². The van der Waals surface area contributed by atoms with Crippen LogP contribution in [0.15, 0.2) is 36.4 Å². The van der Waals surface area contributed by atoms with E-state index in [0.29, 0.717) is 10.8 Å². The van der Waals surface area contributed by atoms with Crippen molar-refractivity contribution in [3.05, 3.63) is 46.8 Å². The summed E-state index contributed by atoms with van der Waals surface area (Å²) in [5, 5.41) is 12.6. The molecule has 3 aliphatic heterocycles. The van der Waals surface area contributed by atoms with Gasteiger partial charge in [-0.3, -0.25) is 4.79 Å². The number of carbonyl (C=O) groups is 2. The first kappa shape index (κ1) is 16.3. The molecule has 1 atom stereocenters. The lowest BCUT2D eigenvalue weighted by Gasteiger charge is -2.44. The van der Waals surface area contributed by atoms with Crippen molar-refractivity contribution < 1.29 is 14.7 Å². The monoisotopic (exact) mass is 356 g/mol. The zero-order valence-corrected chi connectivity index (χ0v) is 14.6. The number of aromatic carboxylic acids is 1. The maximum Gasteiger partial charge on any atom is 0.337 e. The lowest BCUT2D eigenvalue weighted by atomic mass is 9.84. The molecule has 5 nitrogen and oxygen atoms in total. The van der Waals surface area contributed by atoms with Gasteiger partial charge in [0.2, 0.25) is 0 Å². The summed E-state index contributed by atoms with van der Waals surface area (Å²) in [6.45, 7) is 3.08. The van der Waals surface area contributed by atoms with Gasteiger partial charge in [-0.15, -0.1) is 11.3 Å². The Hall–Kier alpha value is -2.18. The smallest absolute Gasteiger partial charge is 0.337 e. The van der Waals surface area contributed by atoms with Crippen molar-refractivity contribution in [1.82, 2.24) is 10.2 Å². The van der Waals surface area contributed by atoms with Gasteiger partial charge in [-0.1, -0.05) is 30.3 Å². The highest BCUT2D eigenvalue weighted by molar-refractivity contribution is 7.17. The fourth-order valence-corrected chi connectivity index (χ4v) is 4.88. The van der Waals surface area contributed by atoms with Crippen molar-refractivity contribution >= 4 is 23.2 Å². The summed E-state index contributed by atoms with van der Waals surface area (Å²) < 4.78 is 0. The Bertz CT molecular complexity index is 794. The molecule has 130 valence electrons. The van der Waals surface area contributed by atoms with E-state index < -0.39 is 5.97 Å². The quantitative estimate of drug-likeness (QED) is 0.884. The molecule has 2 bridgehead atoms. The van der Waals surface area contributed by atoms with E-state index in [1.54, 1.807) is 6.07 Å². The molecule has 3 saturated heterocycles. The maximum atomic E-state index is 12.8. The summed E-state index contributed by atoms with van der Waals surface area (Å²) in [5.74, 6) is -0.809. The molecule has 6 heteroatoms. The van der Waals surface area contributed by atoms with Gasteiger partial charge in [-0.25, -0.2) is 4.79 Å². The maximum absolute atomic E-state index is 12.8. The summed E-state index contributed by atoms with van der Waals surface area (Å²) in [7, 11) is 0. The summed E-state index contributed by atoms with van der Waals surface area (Å²) in [6, 6.07) is 11.3. The van der Waals surface area contributed by atoms with Crippen molar-refractivity contribution in [3.63, 3.8) is 0 Å². The van der Waals surface area contributed by atoms with Crippen molar-refractivity contribution in [3.8, 4) is 10.4 Å². The second kappa shape index (κ2) is 6.61. The van der Waals surface area contributed by atoms with E-state index in [4.69, 9.17) is 0 Å². The number of fused-ring (bicyclic) bond motifs is 3. The van der Waals surface area contributed by atoms with Gasteiger partial charge in [0.1, 0.15) is 4.88 Å². The first-order valence-corrected chi connectivity index (χ1v) is 9.39. The van der Waals surface area contributed by atoms with Crippen LogP contribution in [0, 0.1) is 5.92 Å². The number of nitrogens with one attached hydrogen (secondary N) is 1. The van der Waals surface area contributed by atoms with E-state index >= 15 is 0 Å². The molecule has 1 amide bonds. The van der Waals surface area contributed by atoms with Crippen LogP contribution in [0.2, 0.25) is 0 Å². The predicted molar refractivity (Wildman–Crippen MR) is 97.1 cm³/mol. The molecule has 4 heterocycles. The minimum atomic E-state index is -1.06. The van der Waals surface area contributed by atoms with Crippen LogP contribution in [0.4, 0.5) is 0 Å². The highest BCUT2D eigenvalue weighted by Gasteiger charge is 2.35. The lowest BCUT2D eigenvalue weighted by Crippen LogP contribution is -2.57. The van der Waals surface area contributed by atoms with Gasteiger partial charge in [-0.2, -0.15) is 0 Å². The van der Waals surface area contributed by atoms with Gasteiger partial charge in [-0.05, 0) is 43.5 Å². The number of hydrogen-bond donors (Lipinski definition) is 2.